The molecule has 5 heteroatoms. The first-order chi connectivity index (χ1) is 9.95. The minimum absolute atomic E-state index is 0.0895. The van der Waals surface area contributed by atoms with Gasteiger partial charge in [0, 0.05) is 24.7 Å². The zero-order chi connectivity index (χ0) is 15.4. The molecule has 1 N–H and O–H groups in total. The molecule has 0 aliphatic carbocycles. The second-order valence-electron chi connectivity index (χ2n) is 5.62. The van der Waals surface area contributed by atoms with Crippen molar-refractivity contribution in [3.8, 4) is 0 Å². The number of urea groups is 1. The van der Waals surface area contributed by atoms with E-state index in [0.29, 0.717) is 0 Å². The first-order valence-electron chi connectivity index (χ1n) is 7.13. The number of aryl methyl sites for hydroxylation is 1. The minimum atomic E-state index is -0.0895. The average Bonchev–Trinajstić information content (AvgIpc) is 2.77. The van der Waals surface area contributed by atoms with Crippen LogP contribution in [-0.4, -0.2) is 50.1 Å². The molecule has 1 aromatic carbocycles. The van der Waals surface area contributed by atoms with Gasteiger partial charge in [0.1, 0.15) is 11.3 Å². The molecule has 0 spiro atoms. The van der Waals surface area contributed by atoms with Crippen molar-refractivity contribution in [2.24, 2.45) is 0 Å². The van der Waals surface area contributed by atoms with E-state index in [2.05, 4.69) is 10.2 Å². The minimum Gasteiger partial charge on any atom is -0.461 e. The fraction of sp³-hybridized carbons (Fsp3) is 0.438. The molecule has 2 rings (SSSR count). The van der Waals surface area contributed by atoms with Gasteiger partial charge in [-0.2, -0.15) is 0 Å². The number of nitrogens with one attached hydrogen (secondary N) is 1. The smallest absolute Gasteiger partial charge is 0.321 e. The van der Waals surface area contributed by atoms with Gasteiger partial charge in [0.05, 0.1) is 0 Å². The summed E-state index contributed by atoms with van der Waals surface area (Å²) in [5.74, 6) is 0.870. The van der Waals surface area contributed by atoms with E-state index in [-0.39, 0.29) is 6.03 Å². The topological polar surface area (TPSA) is 48.7 Å². The van der Waals surface area contributed by atoms with Crippen LogP contribution in [0.5, 0.6) is 0 Å². The molecule has 2 aromatic rings. The molecule has 0 radical (unpaired) electrons. The standard InChI is InChI=1S/C16H23N3O2/c1-12-10-13-11-14(6-7-15(13)21-12)17-16(20)19(4)9-5-8-18(2)3/h6-7,10-11H,5,8-9H2,1-4H3,(H,17,20). The molecule has 0 saturated carbocycles. The number of carbonyl (C=O) groups is 1. The maximum atomic E-state index is 12.1. The van der Waals surface area contributed by atoms with Crippen LogP contribution in [0.25, 0.3) is 11.0 Å². The molecule has 2 amide bonds. The molecule has 0 aliphatic heterocycles. The third-order valence-electron chi connectivity index (χ3n) is 3.34. The first kappa shape index (κ1) is 15.4. The summed E-state index contributed by atoms with van der Waals surface area (Å²) < 4.78 is 5.52. The normalized spacial score (nSPS) is 11.1. The summed E-state index contributed by atoms with van der Waals surface area (Å²) in [4.78, 5) is 15.9. The van der Waals surface area contributed by atoms with Crippen molar-refractivity contribution < 1.29 is 9.21 Å². The van der Waals surface area contributed by atoms with Gasteiger partial charge in [-0.15, -0.1) is 0 Å². The molecule has 114 valence electrons. The van der Waals surface area contributed by atoms with Crippen molar-refractivity contribution in [2.45, 2.75) is 13.3 Å². The molecule has 1 aromatic heterocycles. The van der Waals surface area contributed by atoms with Crippen LogP contribution in [-0.2, 0) is 0 Å². The SMILES string of the molecule is Cc1cc2cc(NC(=O)N(C)CCCN(C)C)ccc2o1. The van der Waals surface area contributed by atoms with Gasteiger partial charge in [0.25, 0.3) is 0 Å². The van der Waals surface area contributed by atoms with Crippen molar-refractivity contribution >= 4 is 22.7 Å². The summed E-state index contributed by atoms with van der Waals surface area (Å²) >= 11 is 0. The summed E-state index contributed by atoms with van der Waals surface area (Å²) in [6.07, 6.45) is 0.955. The molecule has 21 heavy (non-hydrogen) atoms. The highest BCUT2D eigenvalue weighted by Crippen LogP contribution is 2.22. The summed E-state index contributed by atoms with van der Waals surface area (Å²) in [5, 5.41) is 3.91. The van der Waals surface area contributed by atoms with Crippen molar-refractivity contribution in [1.82, 2.24) is 9.80 Å². The zero-order valence-corrected chi connectivity index (χ0v) is 13.1. The second kappa shape index (κ2) is 6.63. The van der Waals surface area contributed by atoms with Crippen LogP contribution >= 0.6 is 0 Å². The Bertz CT molecular complexity index is 619. The van der Waals surface area contributed by atoms with Crippen LogP contribution in [0.4, 0.5) is 10.5 Å². The third kappa shape index (κ3) is 4.23. The Morgan fingerprint density at radius 3 is 2.67 bits per heavy atom. The first-order valence-corrected chi connectivity index (χ1v) is 7.13. The van der Waals surface area contributed by atoms with E-state index in [4.69, 9.17) is 4.42 Å². The molecular weight excluding hydrogens is 266 g/mol. The van der Waals surface area contributed by atoms with Crippen LogP contribution < -0.4 is 5.32 Å². The lowest BCUT2D eigenvalue weighted by atomic mass is 10.2. The van der Waals surface area contributed by atoms with E-state index in [1.807, 2.05) is 52.3 Å². The molecule has 0 aliphatic rings. The predicted octanol–water partition coefficient (Wildman–Crippen LogP) is 3.16. The number of carbonyl (C=O) groups excluding carboxylic acids is 1. The molecule has 1 heterocycles. The molecule has 0 unspecified atom stereocenters. The number of anilines is 1. The quantitative estimate of drug-likeness (QED) is 0.920. The average molecular weight is 289 g/mol. The van der Waals surface area contributed by atoms with E-state index < -0.39 is 0 Å². The number of amides is 2. The lowest BCUT2D eigenvalue weighted by Crippen LogP contribution is -2.33. The summed E-state index contributed by atoms with van der Waals surface area (Å²) in [6.45, 7) is 3.62. The monoisotopic (exact) mass is 289 g/mol. The number of fused-ring (bicyclic) bond motifs is 1. The van der Waals surface area contributed by atoms with Gasteiger partial charge in [-0.1, -0.05) is 0 Å². The maximum Gasteiger partial charge on any atom is 0.321 e. The molecule has 0 fully saturated rings. The largest absolute Gasteiger partial charge is 0.461 e. The van der Waals surface area contributed by atoms with E-state index >= 15 is 0 Å². The van der Waals surface area contributed by atoms with Crippen LogP contribution in [0.2, 0.25) is 0 Å². The summed E-state index contributed by atoms with van der Waals surface area (Å²) in [6, 6.07) is 7.54. The Hall–Kier alpha value is -2.01. The van der Waals surface area contributed by atoms with E-state index in [1.165, 1.54) is 0 Å². The molecule has 0 atom stereocenters. The van der Waals surface area contributed by atoms with Crippen LogP contribution in [0.3, 0.4) is 0 Å². The van der Waals surface area contributed by atoms with Gasteiger partial charge in [-0.05, 0) is 58.3 Å². The van der Waals surface area contributed by atoms with E-state index in [9.17, 15) is 4.79 Å². The highest BCUT2D eigenvalue weighted by atomic mass is 16.3. The molecule has 0 saturated heterocycles. The second-order valence-corrected chi connectivity index (χ2v) is 5.62. The van der Waals surface area contributed by atoms with Crippen molar-refractivity contribution in [1.29, 1.82) is 0 Å². The highest BCUT2D eigenvalue weighted by molar-refractivity contribution is 5.92. The Morgan fingerprint density at radius 1 is 1.19 bits per heavy atom. The number of furan rings is 1. The highest BCUT2D eigenvalue weighted by Gasteiger charge is 2.09. The maximum absolute atomic E-state index is 12.1. The Kier molecular flexibility index (Phi) is 4.85. The van der Waals surface area contributed by atoms with Crippen molar-refractivity contribution in [3.05, 3.63) is 30.0 Å². The summed E-state index contributed by atoms with van der Waals surface area (Å²) in [5.41, 5.74) is 1.62. The van der Waals surface area contributed by atoms with Crippen molar-refractivity contribution in [3.63, 3.8) is 0 Å². The fourth-order valence-corrected chi connectivity index (χ4v) is 2.20. The molecule has 0 bridgehead atoms. The van der Waals surface area contributed by atoms with Gasteiger partial charge in [-0.3, -0.25) is 0 Å². The zero-order valence-electron chi connectivity index (χ0n) is 13.1. The van der Waals surface area contributed by atoms with Gasteiger partial charge in [-0.25, -0.2) is 4.79 Å². The van der Waals surface area contributed by atoms with Crippen LogP contribution in [0, 0.1) is 6.92 Å². The van der Waals surface area contributed by atoms with Crippen molar-refractivity contribution in [2.75, 3.05) is 39.5 Å². The van der Waals surface area contributed by atoms with Gasteiger partial charge in [0.2, 0.25) is 0 Å². The predicted molar refractivity (Wildman–Crippen MR) is 85.8 cm³/mol. The lowest BCUT2D eigenvalue weighted by molar-refractivity contribution is 0.220. The van der Waals surface area contributed by atoms with Gasteiger partial charge < -0.3 is 19.5 Å². The number of hydrogen-bond acceptors (Lipinski definition) is 3. The van der Waals surface area contributed by atoms with E-state index in [0.717, 1.165) is 41.9 Å². The number of rotatable bonds is 5. The van der Waals surface area contributed by atoms with Gasteiger partial charge in [0.15, 0.2) is 0 Å². The number of benzene rings is 1. The number of hydrogen-bond donors (Lipinski definition) is 1. The fourth-order valence-electron chi connectivity index (χ4n) is 2.20. The molecular formula is C16H23N3O2. The van der Waals surface area contributed by atoms with Gasteiger partial charge >= 0.3 is 6.03 Å². The Morgan fingerprint density at radius 2 is 1.95 bits per heavy atom. The Balaban J connectivity index is 1.93. The van der Waals surface area contributed by atoms with Crippen LogP contribution in [0.1, 0.15) is 12.2 Å². The third-order valence-corrected chi connectivity index (χ3v) is 3.34. The summed E-state index contributed by atoms with van der Waals surface area (Å²) in [7, 11) is 5.87. The van der Waals surface area contributed by atoms with Crippen LogP contribution in [0.15, 0.2) is 28.7 Å². The van der Waals surface area contributed by atoms with E-state index in [1.54, 1.807) is 4.90 Å². The number of nitrogens with zero attached hydrogens (tertiary/aromatic N) is 2. The molecule has 5 nitrogen and oxygen atoms in total. The lowest BCUT2D eigenvalue weighted by Gasteiger charge is -2.19. The Labute approximate surface area is 125 Å².